The number of aromatic nitrogens is 2. The lowest BCUT2D eigenvalue weighted by Crippen LogP contribution is -2.00. The first-order chi connectivity index (χ1) is 4.75. The summed E-state index contributed by atoms with van der Waals surface area (Å²) in [6.07, 6.45) is 6.99. The molecule has 10 heavy (non-hydrogen) atoms. The van der Waals surface area contributed by atoms with Crippen LogP contribution in [0, 0.1) is 12.3 Å². The molecule has 1 unspecified atom stereocenters. The molecule has 0 spiro atoms. The van der Waals surface area contributed by atoms with Crippen LogP contribution in [0.1, 0.15) is 18.5 Å². The SMILES string of the molecule is C#CC(C)c1ccnn1C. The third-order valence-corrected chi connectivity index (χ3v) is 1.55. The van der Waals surface area contributed by atoms with Gasteiger partial charge in [0.2, 0.25) is 0 Å². The molecule has 0 bridgehead atoms. The Bertz CT molecular complexity index is 254. The van der Waals surface area contributed by atoms with Crippen molar-refractivity contribution in [2.45, 2.75) is 12.8 Å². The molecule has 0 radical (unpaired) electrons. The van der Waals surface area contributed by atoms with Gasteiger partial charge >= 0.3 is 0 Å². The van der Waals surface area contributed by atoms with Crippen molar-refractivity contribution < 1.29 is 0 Å². The molecule has 0 saturated heterocycles. The van der Waals surface area contributed by atoms with Crippen molar-refractivity contribution in [2.75, 3.05) is 0 Å². The van der Waals surface area contributed by atoms with Gasteiger partial charge in [-0.2, -0.15) is 5.10 Å². The summed E-state index contributed by atoms with van der Waals surface area (Å²) in [4.78, 5) is 0. The average molecular weight is 134 g/mol. The molecule has 0 aromatic carbocycles. The van der Waals surface area contributed by atoms with Crippen molar-refractivity contribution in [3.63, 3.8) is 0 Å². The largest absolute Gasteiger partial charge is 0.271 e. The molecule has 2 heteroatoms. The Morgan fingerprint density at radius 3 is 2.90 bits per heavy atom. The van der Waals surface area contributed by atoms with Gasteiger partial charge in [0.25, 0.3) is 0 Å². The Morgan fingerprint density at radius 1 is 1.80 bits per heavy atom. The molecule has 0 fully saturated rings. The van der Waals surface area contributed by atoms with Crippen LogP contribution in [0.3, 0.4) is 0 Å². The third-order valence-electron chi connectivity index (χ3n) is 1.55. The Kier molecular flexibility index (Phi) is 1.77. The van der Waals surface area contributed by atoms with Crippen molar-refractivity contribution in [1.82, 2.24) is 9.78 Å². The van der Waals surface area contributed by atoms with Crippen LogP contribution < -0.4 is 0 Å². The summed E-state index contributed by atoms with van der Waals surface area (Å²) < 4.78 is 1.80. The summed E-state index contributed by atoms with van der Waals surface area (Å²) in [7, 11) is 1.89. The zero-order valence-electron chi connectivity index (χ0n) is 6.20. The fourth-order valence-corrected chi connectivity index (χ4v) is 0.894. The van der Waals surface area contributed by atoms with Crippen LogP contribution in [0.25, 0.3) is 0 Å². The minimum Gasteiger partial charge on any atom is -0.271 e. The number of nitrogens with zero attached hydrogens (tertiary/aromatic N) is 2. The number of rotatable bonds is 1. The Labute approximate surface area is 60.9 Å². The molecular weight excluding hydrogens is 124 g/mol. The molecule has 1 aromatic rings. The summed E-state index contributed by atoms with van der Waals surface area (Å²) in [5, 5.41) is 4.01. The minimum atomic E-state index is 0.160. The molecule has 0 aliphatic heterocycles. The van der Waals surface area contributed by atoms with Gasteiger partial charge in [0.1, 0.15) is 0 Å². The van der Waals surface area contributed by atoms with E-state index in [9.17, 15) is 0 Å². The first kappa shape index (κ1) is 6.88. The van der Waals surface area contributed by atoms with Crippen molar-refractivity contribution in [1.29, 1.82) is 0 Å². The van der Waals surface area contributed by atoms with E-state index in [0.717, 1.165) is 5.69 Å². The molecule has 2 nitrogen and oxygen atoms in total. The van der Waals surface area contributed by atoms with Crippen LogP contribution in [-0.2, 0) is 7.05 Å². The summed E-state index contributed by atoms with van der Waals surface area (Å²) in [6.45, 7) is 1.98. The van der Waals surface area contributed by atoms with Crippen LogP contribution in [0.2, 0.25) is 0 Å². The quantitative estimate of drug-likeness (QED) is 0.527. The molecule has 0 saturated carbocycles. The van der Waals surface area contributed by atoms with Crippen molar-refractivity contribution >= 4 is 0 Å². The van der Waals surface area contributed by atoms with Gasteiger partial charge in [-0.3, -0.25) is 4.68 Å². The Balaban J connectivity index is 2.96. The highest BCUT2D eigenvalue weighted by Crippen LogP contribution is 2.10. The number of hydrogen-bond acceptors (Lipinski definition) is 1. The maximum Gasteiger partial charge on any atom is 0.0591 e. The smallest absolute Gasteiger partial charge is 0.0591 e. The molecule has 1 rings (SSSR count). The summed E-state index contributed by atoms with van der Waals surface area (Å²) >= 11 is 0. The second-order valence-corrected chi connectivity index (χ2v) is 2.27. The summed E-state index contributed by atoms with van der Waals surface area (Å²) in [5.41, 5.74) is 1.09. The van der Waals surface area contributed by atoms with E-state index in [-0.39, 0.29) is 5.92 Å². The lowest BCUT2D eigenvalue weighted by molar-refractivity contribution is 0.699. The highest BCUT2D eigenvalue weighted by Gasteiger charge is 2.03. The third kappa shape index (κ3) is 1.03. The maximum absolute atomic E-state index is 5.24. The van der Waals surface area contributed by atoms with E-state index >= 15 is 0 Å². The molecular formula is C8H10N2. The monoisotopic (exact) mass is 134 g/mol. The normalized spacial score (nSPS) is 12.5. The first-order valence-electron chi connectivity index (χ1n) is 3.19. The van der Waals surface area contributed by atoms with E-state index in [1.807, 2.05) is 20.0 Å². The van der Waals surface area contributed by atoms with Crippen LogP contribution in [-0.4, -0.2) is 9.78 Å². The van der Waals surface area contributed by atoms with Gasteiger partial charge in [-0.1, -0.05) is 5.92 Å². The van der Waals surface area contributed by atoms with E-state index < -0.39 is 0 Å². The van der Waals surface area contributed by atoms with E-state index in [0.29, 0.717) is 0 Å². The van der Waals surface area contributed by atoms with Gasteiger partial charge in [0.05, 0.1) is 11.6 Å². The molecule has 0 aliphatic carbocycles. The molecule has 0 aliphatic rings. The first-order valence-corrected chi connectivity index (χ1v) is 3.19. The second-order valence-electron chi connectivity index (χ2n) is 2.27. The van der Waals surface area contributed by atoms with Crippen LogP contribution in [0.4, 0.5) is 0 Å². The average Bonchev–Trinajstić information content (AvgIpc) is 2.34. The van der Waals surface area contributed by atoms with Crippen molar-refractivity contribution in [3.8, 4) is 12.3 Å². The lowest BCUT2D eigenvalue weighted by Gasteiger charge is -2.02. The zero-order chi connectivity index (χ0) is 7.56. The standard InChI is InChI=1S/C8H10N2/c1-4-7(2)8-5-6-9-10(8)3/h1,5-7H,2-3H3. The van der Waals surface area contributed by atoms with Gasteiger partial charge in [0, 0.05) is 13.2 Å². The molecule has 1 heterocycles. The molecule has 1 atom stereocenters. The van der Waals surface area contributed by atoms with Crippen LogP contribution in [0.5, 0.6) is 0 Å². The molecule has 0 N–H and O–H groups in total. The van der Waals surface area contributed by atoms with Gasteiger partial charge < -0.3 is 0 Å². The number of terminal acetylenes is 1. The lowest BCUT2D eigenvalue weighted by atomic mass is 10.1. The number of hydrogen-bond donors (Lipinski definition) is 0. The van der Waals surface area contributed by atoms with E-state index in [1.54, 1.807) is 10.9 Å². The predicted molar refractivity (Wildman–Crippen MR) is 40.5 cm³/mol. The Morgan fingerprint density at radius 2 is 2.50 bits per heavy atom. The molecule has 1 aromatic heterocycles. The van der Waals surface area contributed by atoms with Gasteiger partial charge in [-0.05, 0) is 13.0 Å². The van der Waals surface area contributed by atoms with Gasteiger partial charge in [-0.15, -0.1) is 6.42 Å². The number of aryl methyl sites for hydroxylation is 1. The maximum atomic E-state index is 5.24. The fraction of sp³-hybridized carbons (Fsp3) is 0.375. The van der Waals surface area contributed by atoms with Gasteiger partial charge in [-0.25, -0.2) is 0 Å². The minimum absolute atomic E-state index is 0.160. The van der Waals surface area contributed by atoms with Crippen LogP contribution >= 0.6 is 0 Å². The highest BCUT2D eigenvalue weighted by molar-refractivity contribution is 5.16. The zero-order valence-corrected chi connectivity index (χ0v) is 6.20. The van der Waals surface area contributed by atoms with E-state index in [2.05, 4.69) is 11.0 Å². The summed E-state index contributed by atoms with van der Waals surface area (Å²) in [5.74, 6) is 2.81. The molecule has 52 valence electrons. The summed E-state index contributed by atoms with van der Waals surface area (Å²) in [6, 6.07) is 1.94. The van der Waals surface area contributed by atoms with Crippen molar-refractivity contribution in [3.05, 3.63) is 18.0 Å². The van der Waals surface area contributed by atoms with Gasteiger partial charge in [0.15, 0.2) is 0 Å². The Hall–Kier alpha value is -1.23. The topological polar surface area (TPSA) is 17.8 Å². The van der Waals surface area contributed by atoms with E-state index in [4.69, 9.17) is 6.42 Å². The highest BCUT2D eigenvalue weighted by atomic mass is 15.3. The van der Waals surface area contributed by atoms with E-state index in [1.165, 1.54) is 0 Å². The van der Waals surface area contributed by atoms with Crippen LogP contribution in [0.15, 0.2) is 12.3 Å². The second kappa shape index (κ2) is 2.57. The molecule has 0 amide bonds. The predicted octanol–water partition coefficient (Wildman–Crippen LogP) is 1.16. The van der Waals surface area contributed by atoms with Crippen molar-refractivity contribution in [2.24, 2.45) is 7.05 Å². The fourth-order valence-electron chi connectivity index (χ4n) is 0.894.